The van der Waals surface area contributed by atoms with Gasteiger partial charge in [0.25, 0.3) is 0 Å². The number of anilines is 1. The summed E-state index contributed by atoms with van der Waals surface area (Å²) in [6.45, 7) is 1.06. The number of hydrogen-bond acceptors (Lipinski definition) is 5. The van der Waals surface area contributed by atoms with Crippen molar-refractivity contribution in [3.8, 4) is 11.5 Å². The lowest BCUT2D eigenvalue weighted by Gasteiger charge is -2.19. The number of fused-ring (bicyclic) bond motifs is 1. The van der Waals surface area contributed by atoms with Gasteiger partial charge in [-0.25, -0.2) is 0 Å². The Morgan fingerprint density at radius 2 is 1.81 bits per heavy atom. The van der Waals surface area contributed by atoms with Crippen molar-refractivity contribution in [2.24, 2.45) is 0 Å². The highest BCUT2D eigenvalue weighted by Crippen LogP contribution is 2.32. The van der Waals surface area contributed by atoms with E-state index in [1.807, 2.05) is 36.4 Å². The lowest BCUT2D eigenvalue weighted by molar-refractivity contribution is -0.119. The summed E-state index contributed by atoms with van der Waals surface area (Å²) in [5, 5.41) is 3.96. The Morgan fingerprint density at radius 3 is 2.59 bits per heavy atom. The van der Waals surface area contributed by atoms with E-state index in [1.54, 1.807) is 6.07 Å². The molecule has 1 aliphatic heterocycles. The van der Waals surface area contributed by atoms with E-state index in [2.05, 4.69) is 16.2 Å². The first kappa shape index (κ1) is 19.6. The van der Waals surface area contributed by atoms with Crippen LogP contribution in [-0.4, -0.2) is 30.0 Å². The molecule has 0 fully saturated rings. The maximum absolute atomic E-state index is 11.9. The molecule has 0 radical (unpaired) electrons. The van der Waals surface area contributed by atoms with E-state index in [4.69, 9.17) is 33.3 Å². The Kier molecular flexibility index (Phi) is 7.03. The normalized spacial score (nSPS) is 12.2. The van der Waals surface area contributed by atoms with Crippen LogP contribution < -0.4 is 25.6 Å². The first-order valence-corrected chi connectivity index (χ1v) is 10.1. The number of benzene rings is 2. The first-order chi connectivity index (χ1) is 13.1. The second kappa shape index (κ2) is 9.68. The van der Waals surface area contributed by atoms with Crippen LogP contribution in [0.2, 0.25) is 5.02 Å². The Morgan fingerprint density at radius 1 is 1.07 bits per heavy atom. The quantitative estimate of drug-likeness (QED) is 0.503. The van der Waals surface area contributed by atoms with Crippen LogP contribution >= 0.6 is 35.6 Å². The summed E-state index contributed by atoms with van der Waals surface area (Å²) in [4.78, 5) is 11.9. The summed E-state index contributed by atoms with van der Waals surface area (Å²) in [6.07, 6.45) is 0. The predicted molar refractivity (Wildman–Crippen MR) is 113 cm³/mol. The van der Waals surface area contributed by atoms with E-state index in [-0.39, 0.29) is 11.0 Å². The van der Waals surface area contributed by atoms with Crippen molar-refractivity contribution in [1.82, 2.24) is 10.9 Å². The van der Waals surface area contributed by atoms with Crippen LogP contribution in [0.25, 0.3) is 0 Å². The molecule has 3 N–H and O–H groups in total. The molecule has 1 amide bonds. The molecular weight excluding hydrogens is 406 g/mol. The highest BCUT2D eigenvalue weighted by Gasteiger charge is 2.12. The average Bonchev–Trinajstić information content (AvgIpc) is 2.68. The molecule has 142 valence electrons. The van der Waals surface area contributed by atoms with Crippen molar-refractivity contribution in [3.05, 3.63) is 53.1 Å². The lowest BCUT2D eigenvalue weighted by Crippen LogP contribution is -2.44. The molecule has 0 aromatic heterocycles. The van der Waals surface area contributed by atoms with E-state index in [0.29, 0.717) is 35.5 Å². The van der Waals surface area contributed by atoms with Crippen LogP contribution in [0.4, 0.5) is 5.69 Å². The van der Waals surface area contributed by atoms with Crippen molar-refractivity contribution in [2.45, 2.75) is 5.75 Å². The number of hydrazine groups is 1. The SMILES string of the molecule is O=C(CSCc1ccc(Cl)cc1)NNC(=S)Nc1ccc2c(c1)OCCO2. The topological polar surface area (TPSA) is 71.6 Å². The fourth-order valence-electron chi connectivity index (χ4n) is 2.29. The molecule has 1 heterocycles. The molecule has 2 aromatic carbocycles. The van der Waals surface area contributed by atoms with Gasteiger partial charge >= 0.3 is 0 Å². The molecule has 0 saturated carbocycles. The van der Waals surface area contributed by atoms with Gasteiger partial charge in [0.1, 0.15) is 13.2 Å². The maximum atomic E-state index is 11.9. The molecule has 6 nitrogen and oxygen atoms in total. The molecule has 0 aliphatic carbocycles. The van der Waals surface area contributed by atoms with E-state index >= 15 is 0 Å². The highest BCUT2D eigenvalue weighted by molar-refractivity contribution is 7.99. The van der Waals surface area contributed by atoms with Gasteiger partial charge in [-0.2, -0.15) is 0 Å². The van der Waals surface area contributed by atoms with Gasteiger partial charge in [0.2, 0.25) is 5.91 Å². The van der Waals surface area contributed by atoms with Gasteiger partial charge in [-0.05, 0) is 42.0 Å². The van der Waals surface area contributed by atoms with Crippen LogP contribution in [0.1, 0.15) is 5.56 Å². The molecule has 0 spiro atoms. The van der Waals surface area contributed by atoms with Crippen LogP contribution in [0.15, 0.2) is 42.5 Å². The Balaban J connectivity index is 1.37. The minimum absolute atomic E-state index is 0.166. The van der Waals surface area contributed by atoms with E-state index in [1.165, 1.54) is 11.8 Å². The largest absolute Gasteiger partial charge is 0.486 e. The van der Waals surface area contributed by atoms with Crippen LogP contribution in [-0.2, 0) is 10.5 Å². The third kappa shape index (κ3) is 6.20. The first-order valence-electron chi connectivity index (χ1n) is 8.18. The standard InChI is InChI=1S/C18H18ClN3O3S2/c19-13-3-1-12(2-4-13)10-27-11-17(23)21-22-18(26)20-14-5-6-15-16(9-14)25-8-7-24-15/h1-6,9H,7-8,10-11H2,(H,21,23)(H2,20,22,26). The number of halogens is 1. The number of nitrogens with one attached hydrogen (secondary N) is 3. The molecule has 0 saturated heterocycles. The zero-order valence-corrected chi connectivity index (χ0v) is 16.7. The van der Waals surface area contributed by atoms with Gasteiger partial charge in [0.05, 0.1) is 5.75 Å². The zero-order chi connectivity index (χ0) is 19.1. The molecule has 3 rings (SSSR count). The van der Waals surface area contributed by atoms with Crippen LogP contribution in [0, 0.1) is 0 Å². The Hall–Kier alpha value is -2.16. The second-order valence-electron chi connectivity index (χ2n) is 5.61. The third-order valence-electron chi connectivity index (χ3n) is 3.53. The smallest absolute Gasteiger partial charge is 0.248 e. The van der Waals surface area contributed by atoms with Crippen LogP contribution in [0.3, 0.4) is 0 Å². The second-order valence-corrected chi connectivity index (χ2v) is 7.44. The molecular formula is C18H18ClN3O3S2. The monoisotopic (exact) mass is 423 g/mol. The molecule has 2 aromatic rings. The summed E-state index contributed by atoms with van der Waals surface area (Å²) in [6, 6.07) is 13.0. The number of ether oxygens (including phenoxy) is 2. The minimum Gasteiger partial charge on any atom is -0.486 e. The minimum atomic E-state index is -0.166. The van der Waals surface area contributed by atoms with E-state index in [9.17, 15) is 4.79 Å². The molecule has 9 heteroatoms. The summed E-state index contributed by atoms with van der Waals surface area (Å²) < 4.78 is 11.0. The number of carbonyl (C=O) groups is 1. The Bertz CT molecular complexity index is 818. The van der Waals surface area contributed by atoms with Crippen molar-refractivity contribution in [2.75, 3.05) is 24.3 Å². The molecule has 0 unspecified atom stereocenters. The number of thioether (sulfide) groups is 1. The lowest BCUT2D eigenvalue weighted by atomic mass is 10.2. The summed E-state index contributed by atoms with van der Waals surface area (Å²) in [5.74, 6) is 2.24. The maximum Gasteiger partial charge on any atom is 0.248 e. The van der Waals surface area contributed by atoms with Crippen molar-refractivity contribution >= 4 is 52.3 Å². The van der Waals surface area contributed by atoms with Crippen molar-refractivity contribution in [1.29, 1.82) is 0 Å². The summed E-state index contributed by atoms with van der Waals surface area (Å²) in [5.41, 5.74) is 7.11. The van der Waals surface area contributed by atoms with Gasteiger partial charge in [-0.15, -0.1) is 11.8 Å². The average molecular weight is 424 g/mol. The molecule has 0 bridgehead atoms. The summed E-state index contributed by atoms with van der Waals surface area (Å²) >= 11 is 12.5. The number of amides is 1. The van der Waals surface area contributed by atoms with Gasteiger partial charge in [-0.1, -0.05) is 23.7 Å². The molecule has 0 atom stereocenters. The van der Waals surface area contributed by atoms with Crippen molar-refractivity contribution < 1.29 is 14.3 Å². The van der Waals surface area contributed by atoms with Crippen LogP contribution in [0.5, 0.6) is 11.5 Å². The van der Waals surface area contributed by atoms with Gasteiger partial charge < -0.3 is 14.8 Å². The number of carbonyl (C=O) groups excluding carboxylic acids is 1. The number of thiocarbonyl (C=S) groups is 1. The van der Waals surface area contributed by atoms with Crippen molar-refractivity contribution in [3.63, 3.8) is 0 Å². The van der Waals surface area contributed by atoms with Gasteiger partial charge in [0.15, 0.2) is 16.6 Å². The fraction of sp³-hybridized carbons (Fsp3) is 0.222. The van der Waals surface area contributed by atoms with E-state index < -0.39 is 0 Å². The van der Waals surface area contributed by atoms with Gasteiger partial charge in [0, 0.05) is 22.5 Å². The Labute approximate surface area is 171 Å². The predicted octanol–water partition coefficient (Wildman–Crippen LogP) is 3.36. The highest BCUT2D eigenvalue weighted by atomic mass is 35.5. The fourth-order valence-corrected chi connectivity index (χ4v) is 3.37. The van der Waals surface area contributed by atoms with E-state index in [0.717, 1.165) is 17.0 Å². The number of rotatable bonds is 5. The molecule has 27 heavy (non-hydrogen) atoms. The van der Waals surface area contributed by atoms with Gasteiger partial charge in [-0.3, -0.25) is 15.6 Å². The number of hydrogen-bond donors (Lipinski definition) is 3. The summed E-state index contributed by atoms with van der Waals surface area (Å²) in [7, 11) is 0. The third-order valence-corrected chi connectivity index (χ3v) is 4.99. The zero-order valence-electron chi connectivity index (χ0n) is 14.3. The molecule has 1 aliphatic rings.